The fraction of sp³-hybridized carbons (Fsp3) is 0.143. The van der Waals surface area contributed by atoms with Gasteiger partial charge in [0.05, 0.1) is 12.8 Å². The first-order valence-corrected chi connectivity index (χ1v) is 8.73. The molecule has 7 heteroatoms. The van der Waals surface area contributed by atoms with Crippen molar-refractivity contribution in [1.29, 1.82) is 0 Å². The lowest BCUT2D eigenvalue weighted by Crippen LogP contribution is -2.32. The predicted octanol–water partition coefficient (Wildman–Crippen LogP) is 3.11. The lowest BCUT2D eigenvalue weighted by atomic mass is 10.3. The van der Waals surface area contributed by atoms with Crippen LogP contribution in [0.15, 0.2) is 77.4 Å². The number of carbonyl (C=O) groups is 2. The zero-order valence-corrected chi connectivity index (χ0v) is 15.1. The lowest BCUT2D eigenvalue weighted by Gasteiger charge is -2.10. The molecule has 0 aliphatic carbocycles. The Labute approximate surface area is 162 Å². The van der Waals surface area contributed by atoms with Crippen molar-refractivity contribution < 1.29 is 23.5 Å². The molecule has 0 atom stereocenters. The van der Waals surface area contributed by atoms with E-state index in [-0.39, 0.29) is 24.2 Å². The van der Waals surface area contributed by atoms with Gasteiger partial charge in [0.1, 0.15) is 18.1 Å². The number of benzene rings is 2. The molecule has 1 aromatic heterocycles. The van der Waals surface area contributed by atoms with E-state index >= 15 is 0 Å². The molecule has 0 radical (unpaired) electrons. The van der Waals surface area contributed by atoms with E-state index in [2.05, 4.69) is 10.6 Å². The van der Waals surface area contributed by atoms with E-state index in [1.807, 2.05) is 30.3 Å². The number of carbonyl (C=O) groups excluding carboxylic acids is 2. The van der Waals surface area contributed by atoms with Crippen molar-refractivity contribution in [3.8, 4) is 11.5 Å². The number of hydrogen-bond donors (Lipinski definition) is 2. The highest BCUT2D eigenvalue weighted by Gasteiger charge is 2.09. The number of ether oxygens (including phenoxy) is 2. The van der Waals surface area contributed by atoms with Crippen molar-refractivity contribution in [2.75, 3.05) is 25.1 Å². The van der Waals surface area contributed by atoms with Crippen LogP contribution in [0.4, 0.5) is 5.69 Å². The summed E-state index contributed by atoms with van der Waals surface area (Å²) in [6.07, 6.45) is 1.43. The molecular formula is C21H20N2O5. The zero-order chi connectivity index (χ0) is 19.6. The average molecular weight is 380 g/mol. The van der Waals surface area contributed by atoms with Crippen LogP contribution in [-0.4, -0.2) is 31.6 Å². The van der Waals surface area contributed by atoms with Crippen molar-refractivity contribution in [3.63, 3.8) is 0 Å². The maximum absolute atomic E-state index is 12.0. The van der Waals surface area contributed by atoms with Gasteiger partial charge in [-0.15, -0.1) is 0 Å². The maximum atomic E-state index is 12.0. The number of amides is 2. The first-order valence-electron chi connectivity index (χ1n) is 8.73. The van der Waals surface area contributed by atoms with Gasteiger partial charge in [-0.25, -0.2) is 0 Å². The molecule has 28 heavy (non-hydrogen) atoms. The molecule has 0 aliphatic heterocycles. The van der Waals surface area contributed by atoms with Crippen molar-refractivity contribution in [1.82, 2.24) is 5.32 Å². The highest BCUT2D eigenvalue weighted by Crippen LogP contribution is 2.18. The third-order valence-corrected chi connectivity index (χ3v) is 3.64. The lowest BCUT2D eigenvalue weighted by molar-refractivity contribution is -0.123. The number of anilines is 1. The second-order valence-electron chi connectivity index (χ2n) is 5.76. The van der Waals surface area contributed by atoms with Crippen LogP contribution in [0.2, 0.25) is 0 Å². The van der Waals surface area contributed by atoms with Gasteiger partial charge in [-0.1, -0.05) is 24.3 Å². The molecule has 0 unspecified atom stereocenters. The van der Waals surface area contributed by atoms with Gasteiger partial charge in [-0.3, -0.25) is 9.59 Å². The molecule has 2 aromatic carbocycles. The Balaban J connectivity index is 1.39. The van der Waals surface area contributed by atoms with Crippen LogP contribution in [0.1, 0.15) is 10.6 Å². The van der Waals surface area contributed by atoms with Crippen molar-refractivity contribution in [2.24, 2.45) is 0 Å². The van der Waals surface area contributed by atoms with Crippen LogP contribution >= 0.6 is 0 Å². The van der Waals surface area contributed by atoms with Gasteiger partial charge in [0.25, 0.3) is 11.8 Å². The molecule has 0 saturated heterocycles. The van der Waals surface area contributed by atoms with E-state index in [1.54, 1.807) is 36.4 Å². The quantitative estimate of drug-likeness (QED) is 0.557. The topological polar surface area (TPSA) is 89.8 Å². The van der Waals surface area contributed by atoms with E-state index in [1.165, 1.54) is 6.26 Å². The third kappa shape index (κ3) is 5.91. The summed E-state index contributed by atoms with van der Waals surface area (Å²) in [5, 5.41) is 5.42. The minimum absolute atomic E-state index is 0.138. The molecule has 0 bridgehead atoms. The largest absolute Gasteiger partial charge is 0.492 e. The molecular weight excluding hydrogens is 360 g/mol. The minimum Gasteiger partial charge on any atom is -0.492 e. The molecule has 1 heterocycles. The summed E-state index contributed by atoms with van der Waals surface area (Å²) >= 11 is 0. The van der Waals surface area contributed by atoms with Gasteiger partial charge >= 0.3 is 0 Å². The van der Waals surface area contributed by atoms with E-state index in [0.717, 1.165) is 5.75 Å². The molecule has 0 fully saturated rings. The fourth-order valence-corrected chi connectivity index (χ4v) is 2.34. The summed E-state index contributed by atoms with van der Waals surface area (Å²) in [7, 11) is 0. The zero-order valence-electron chi connectivity index (χ0n) is 15.1. The highest BCUT2D eigenvalue weighted by atomic mass is 16.5. The Kier molecular flexibility index (Phi) is 6.67. The van der Waals surface area contributed by atoms with E-state index in [4.69, 9.17) is 13.9 Å². The molecule has 144 valence electrons. The van der Waals surface area contributed by atoms with Crippen LogP contribution in [0.5, 0.6) is 11.5 Å². The van der Waals surface area contributed by atoms with Crippen LogP contribution < -0.4 is 20.1 Å². The van der Waals surface area contributed by atoms with Crippen LogP contribution in [-0.2, 0) is 4.79 Å². The molecule has 0 spiro atoms. The Bertz CT molecular complexity index is 894. The second-order valence-corrected chi connectivity index (χ2v) is 5.76. The Morgan fingerprint density at radius 2 is 1.71 bits per heavy atom. The van der Waals surface area contributed by atoms with Crippen molar-refractivity contribution >= 4 is 17.5 Å². The van der Waals surface area contributed by atoms with Gasteiger partial charge in [0, 0.05) is 11.8 Å². The monoisotopic (exact) mass is 380 g/mol. The SMILES string of the molecule is O=C(COc1cccc(NC(=O)c2ccco2)c1)NCCOc1ccccc1. The van der Waals surface area contributed by atoms with Crippen molar-refractivity contribution in [2.45, 2.75) is 0 Å². The maximum Gasteiger partial charge on any atom is 0.291 e. The first-order chi connectivity index (χ1) is 13.7. The second kappa shape index (κ2) is 9.82. The number of para-hydroxylation sites is 1. The average Bonchev–Trinajstić information content (AvgIpc) is 3.26. The number of hydrogen-bond acceptors (Lipinski definition) is 5. The van der Waals surface area contributed by atoms with Gasteiger partial charge in [-0.2, -0.15) is 0 Å². The normalized spacial score (nSPS) is 10.1. The summed E-state index contributed by atoms with van der Waals surface area (Å²) in [5.74, 6) is 0.803. The Morgan fingerprint density at radius 3 is 2.50 bits per heavy atom. The molecule has 0 aliphatic rings. The van der Waals surface area contributed by atoms with Crippen molar-refractivity contribution in [3.05, 3.63) is 78.8 Å². The van der Waals surface area contributed by atoms with Gasteiger partial charge in [0.2, 0.25) is 0 Å². The molecule has 3 aromatic rings. The van der Waals surface area contributed by atoms with Gasteiger partial charge in [-0.05, 0) is 36.4 Å². The standard InChI is InChI=1S/C21H20N2O5/c24-20(22-11-13-26-17-7-2-1-3-8-17)15-28-18-9-4-6-16(14-18)23-21(25)19-10-5-12-27-19/h1-10,12,14H,11,13,15H2,(H,22,24)(H,23,25). The molecule has 2 amide bonds. The predicted molar refractivity (Wildman–Crippen MR) is 104 cm³/mol. The molecule has 3 rings (SSSR count). The molecule has 2 N–H and O–H groups in total. The Morgan fingerprint density at radius 1 is 0.893 bits per heavy atom. The summed E-state index contributed by atoms with van der Waals surface area (Å²) in [5.41, 5.74) is 0.538. The summed E-state index contributed by atoms with van der Waals surface area (Å²) in [4.78, 5) is 23.9. The van der Waals surface area contributed by atoms with E-state index < -0.39 is 0 Å². The molecule has 0 saturated carbocycles. The van der Waals surface area contributed by atoms with Gasteiger partial charge in [0.15, 0.2) is 12.4 Å². The molecule has 7 nitrogen and oxygen atoms in total. The summed E-state index contributed by atoms with van der Waals surface area (Å²) in [6.45, 7) is 0.599. The number of nitrogens with one attached hydrogen (secondary N) is 2. The first kappa shape index (κ1) is 19.0. The summed E-state index contributed by atoms with van der Waals surface area (Å²) in [6, 6.07) is 19.3. The van der Waals surface area contributed by atoms with E-state index in [0.29, 0.717) is 24.6 Å². The minimum atomic E-state index is -0.363. The van der Waals surface area contributed by atoms with Crippen LogP contribution in [0, 0.1) is 0 Å². The summed E-state index contributed by atoms with van der Waals surface area (Å²) < 4.78 is 16.0. The van der Waals surface area contributed by atoms with Crippen LogP contribution in [0.3, 0.4) is 0 Å². The van der Waals surface area contributed by atoms with Crippen LogP contribution in [0.25, 0.3) is 0 Å². The number of furan rings is 1. The Hall–Kier alpha value is -3.74. The fourth-order valence-electron chi connectivity index (χ4n) is 2.34. The third-order valence-electron chi connectivity index (χ3n) is 3.64. The van der Waals surface area contributed by atoms with Gasteiger partial charge < -0.3 is 24.5 Å². The number of rotatable bonds is 9. The smallest absolute Gasteiger partial charge is 0.291 e. The van der Waals surface area contributed by atoms with E-state index in [9.17, 15) is 9.59 Å². The highest BCUT2D eigenvalue weighted by molar-refractivity contribution is 6.02.